The van der Waals surface area contributed by atoms with Crippen molar-refractivity contribution in [2.75, 3.05) is 19.5 Å². The van der Waals surface area contributed by atoms with Crippen LogP contribution >= 0.6 is 0 Å². The van der Waals surface area contributed by atoms with E-state index in [0.29, 0.717) is 23.7 Å². The lowest BCUT2D eigenvalue weighted by Crippen LogP contribution is -2.44. The molecular weight excluding hydrogens is 334 g/mol. The summed E-state index contributed by atoms with van der Waals surface area (Å²) in [5.41, 5.74) is 0.0491. The average molecular weight is 357 g/mol. The molecule has 2 N–H and O–H groups in total. The molecule has 1 aromatic carbocycles. The number of ether oxygens (including phenoxy) is 2. The summed E-state index contributed by atoms with van der Waals surface area (Å²) in [7, 11) is 3.04. The van der Waals surface area contributed by atoms with Gasteiger partial charge in [0.1, 0.15) is 16.9 Å². The van der Waals surface area contributed by atoms with Crippen LogP contribution in [-0.4, -0.2) is 31.0 Å². The summed E-state index contributed by atoms with van der Waals surface area (Å²) in [6.07, 6.45) is 3.32. The fraction of sp³-hybridized carbons (Fsp3) is 0.316. The molecule has 0 atom stereocenters. The van der Waals surface area contributed by atoms with Gasteiger partial charge >= 0.3 is 0 Å². The third kappa shape index (κ3) is 4.50. The molecule has 0 spiro atoms. The lowest BCUT2D eigenvalue weighted by atomic mass is 9.90. The molecule has 0 radical (unpaired) electrons. The number of aromatic nitrogens is 1. The lowest BCUT2D eigenvalue weighted by Gasteiger charge is -2.23. The normalized spacial score (nSPS) is 10.8. The van der Waals surface area contributed by atoms with Gasteiger partial charge < -0.3 is 20.1 Å². The molecular formula is C19H23N3O4. The minimum Gasteiger partial charge on any atom is -0.497 e. The molecule has 0 unspecified atom stereocenters. The highest BCUT2D eigenvalue weighted by molar-refractivity contribution is 6.10. The summed E-state index contributed by atoms with van der Waals surface area (Å²) in [6, 6.07) is 8.66. The van der Waals surface area contributed by atoms with Crippen molar-refractivity contribution in [1.82, 2.24) is 10.3 Å². The summed E-state index contributed by atoms with van der Waals surface area (Å²) in [5, 5.41) is 5.50. The van der Waals surface area contributed by atoms with Crippen molar-refractivity contribution in [3.63, 3.8) is 0 Å². The van der Waals surface area contributed by atoms with Crippen LogP contribution in [-0.2, 0) is 16.1 Å². The largest absolute Gasteiger partial charge is 0.497 e. The minimum absolute atomic E-state index is 0.301. The molecule has 1 aromatic heterocycles. The zero-order chi connectivity index (χ0) is 19.2. The van der Waals surface area contributed by atoms with E-state index in [4.69, 9.17) is 9.47 Å². The van der Waals surface area contributed by atoms with E-state index in [1.165, 1.54) is 7.11 Å². The maximum Gasteiger partial charge on any atom is 0.239 e. The van der Waals surface area contributed by atoms with Crippen LogP contribution in [0.2, 0.25) is 0 Å². The number of hydrogen-bond donors (Lipinski definition) is 2. The van der Waals surface area contributed by atoms with Crippen molar-refractivity contribution in [1.29, 1.82) is 0 Å². The number of hydrogen-bond acceptors (Lipinski definition) is 5. The standard InChI is InChI=1S/C19H23N3O4/c1-19(2,17(23)21-12-13-6-5-9-20-11-13)18(24)22-15-8-7-14(25-3)10-16(15)26-4/h5-11H,12H2,1-4H3,(H,21,23)(H,22,24). The molecule has 1 heterocycles. The number of nitrogens with one attached hydrogen (secondary N) is 2. The van der Waals surface area contributed by atoms with Crippen molar-refractivity contribution in [2.45, 2.75) is 20.4 Å². The van der Waals surface area contributed by atoms with Gasteiger partial charge in [-0.1, -0.05) is 6.07 Å². The molecule has 0 aliphatic heterocycles. The molecule has 0 fully saturated rings. The summed E-state index contributed by atoms with van der Waals surface area (Å²) >= 11 is 0. The van der Waals surface area contributed by atoms with E-state index in [9.17, 15) is 9.59 Å². The number of pyridine rings is 1. The molecule has 0 aliphatic carbocycles. The first-order valence-corrected chi connectivity index (χ1v) is 8.09. The third-order valence-electron chi connectivity index (χ3n) is 3.97. The monoisotopic (exact) mass is 357 g/mol. The van der Waals surface area contributed by atoms with Gasteiger partial charge in [-0.25, -0.2) is 0 Å². The van der Waals surface area contributed by atoms with Crippen LogP contribution in [0.5, 0.6) is 11.5 Å². The van der Waals surface area contributed by atoms with E-state index in [1.807, 2.05) is 6.07 Å². The van der Waals surface area contributed by atoms with E-state index in [0.717, 1.165) is 5.56 Å². The number of benzene rings is 1. The number of methoxy groups -OCH3 is 2. The molecule has 7 nitrogen and oxygen atoms in total. The number of anilines is 1. The Morgan fingerprint density at radius 3 is 2.50 bits per heavy atom. The molecule has 0 aliphatic rings. The first-order chi connectivity index (χ1) is 12.4. The summed E-state index contributed by atoms with van der Waals surface area (Å²) in [6.45, 7) is 3.43. The molecule has 26 heavy (non-hydrogen) atoms. The number of rotatable bonds is 7. The maximum atomic E-state index is 12.6. The summed E-state index contributed by atoms with van der Waals surface area (Å²) in [5.74, 6) is 0.230. The molecule has 2 aromatic rings. The molecule has 7 heteroatoms. The predicted octanol–water partition coefficient (Wildman–Crippen LogP) is 2.38. The molecule has 2 rings (SSSR count). The Labute approximate surface area is 152 Å². The second-order valence-electron chi connectivity index (χ2n) is 6.19. The molecule has 0 saturated carbocycles. The highest BCUT2D eigenvalue weighted by Gasteiger charge is 2.36. The summed E-state index contributed by atoms with van der Waals surface area (Å²) in [4.78, 5) is 29.1. The molecule has 0 bridgehead atoms. The smallest absolute Gasteiger partial charge is 0.239 e. The van der Waals surface area contributed by atoms with Crippen LogP contribution in [0.1, 0.15) is 19.4 Å². The Kier molecular flexibility index (Phi) is 6.16. The summed E-state index contributed by atoms with van der Waals surface area (Å²) < 4.78 is 10.4. The van der Waals surface area contributed by atoms with E-state index < -0.39 is 11.3 Å². The molecule has 0 saturated heterocycles. The van der Waals surface area contributed by atoms with Crippen LogP contribution in [0.4, 0.5) is 5.69 Å². The van der Waals surface area contributed by atoms with Crippen LogP contribution in [0, 0.1) is 5.41 Å². The topological polar surface area (TPSA) is 89.5 Å². The van der Waals surface area contributed by atoms with Crippen molar-refractivity contribution in [3.05, 3.63) is 48.3 Å². The zero-order valence-corrected chi connectivity index (χ0v) is 15.3. The lowest BCUT2D eigenvalue weighted by molar-refractivity contribution is -0.138. The molecule has 2 amide bonds. The zero-order valence-electron chi connectivity index (χ0n) is 15.3. The van der Waals surface area contributed by atoms with Gasteiger partial charge in [0.2, 0.25) is 11.8 Å². The number of carbonyl (C=O) groups excluding carboxylic acids is 2. The average Bonchev–Trinajstić information content (AvgIpc) is 2.66. The first-order valence-electron chi connectivity index (χ1n) is 8.09. The third-order valence-corrected chi connectivity index (χ3v) is 3.97. The number of carbonyl (C=O) groups is 2. The Morgan fingerprint density at radius 2 is 1.88 bits per heavy atom. The van der Waals surface area contributed by atoms with Gasteiger partial charge in [-0.05, 0) is 37.6 Å². The van der Waals surface area contributed by atoms with E-state index in [2.05, 4.69) is 15.6 Å². The van der Waals surface area contributed by atoms with E-state index in [-0.39, 0.29) is 5.91 Å². The van der Waals surface area contributed by atoms with Gasteiger partial charge in [0.15, 0.2) is 0 Å². The maximum absolute atomic E-state index is 12.6. The Hall–Kier alpha value is -3.09. The van der Waals surface area contributed by atoms with Gasteiger partial charge in [-0.3, -0.25) is 14.6 Å². The Morgan fingerprint density at radius 1 is 1.12 bits per heavy atom. The predicted molar refractivity (Wildman–Crippen MR) is 98.0 cm³/mol. The second-order valence-corrected chi connectivity index (χ2v) is 6.19. The van der Waals surface area contributed by atoms with Crippen LogP contribution in [0.25, 0.3) is 0 Å². The molecule has 138 valence electrons. The van der Waals surface area contributed by atoms with Gasteiger partial charge in [-0.2, -0.15) is 0 Å². The highest BCUT2D eigenvalue weighted by Crippen LogP contribution is 2.30. The minimum atomic E-state index is -1.27. The quantitative estimate of drug-likeness (QED) is 0.743. The van der Waals surface area contributed by atoms with Crippen molar-refractivity contribution in [2.24, 2.45) is 5.41 Å². The number of amides is 2. The Balaban J connectivity index is 2.06. The van der Waals surface area contributed by atoms with Crippen molar-refractivity contribution < 1.29 is 19.1 Å². The van der Waals surface area contributed by atoms with E-state index in [1.54, 1.807) is 57.6 Å². The van der Waals surface area contributed by atoms with Crippen LogP contribution in [0.3, 0.4) is 0 Å². The fourth-order valence-electron chi connectivity index (χ4n) is 2.19. The van der Waals surface area contributed by atoms with Crippen molar-refractivity contribution in [3.8, 4) is 11.5 Å². The van der Waals surface area contributed by atoms with Crippen LogP contribution in [0.15, 0.2) is 42.7 Å². The van der Waals surface area contributed by atoms with E-state index >= 15 is 0 Å². The SMILES string of the molecule is COc1ccc(NC(=O)C(C)(C)C(=O)NCc2cccnc2)c(OC)c1. The van der Waals surface area contributed by atoms with Crippen LogP contribution < -0.4 is 20.1 Å². The van der Waals surface area contributed by atoms with Crippen molar-refractivity contribution >= 4 is 17.5 Å². The highest BCUT2D eigenvalue weighted by atomic mass is 16.5. The Bertz CT molecular complexity index is 776. The fourth-order valence-corrected chi connectivity index (χ4v) is 2.19. The number of nitrogens with zero attached hydrogens (tertiary/aromatic N) is 1. The van der Waals surface area contributed by atoms with Gasteiger partial charge in [-0.15, -0.1) is 0 Å². The first kappa shape index (κ1) is 19.2. The second kappa shape index (κ2) is 8.33. The van der Waals surface area contributed by atoms with Gasteiger partial charge in [0, 0.05) is 25.0 Å². The van der Waals surface area contributed by atoms with Gasteiger partial charge in [0.05, 0.1) is 19.9 Å². The van der Waals surface area contributed by atoms with Gasteiger partial charge in [0.25, 0.3) is 0 Å².